The van der Waals surface area contributed by atoms with Crippen LogP contribution in [0, 0.1) is 0 Å². The molecule has 0 aliphatic rings. The SMILES string of the molecule is CCCC(=O)COCCOCCNC(=O)COCCOCCCC(=O)COCCOCCNC.CCOCCOCC(=O)NC. The molecule has 0 atom stereocenters. The van der Waals surface area contributed by atoms with Crippen molar-refractivity contribution in [1.29, 1.82) is 0 Å². The summed E-state index contributed by atoms with van der Waals surface area (Å²) in [5.41, 5.74) is 0. The van der Waals surface area contributed by atoms with Gasteiger partial charge in [0, 0.05) is 46.2 Å². The van der Waals surface area contributed by atoms with Gasteiger partial charge >= 0.3 is 0 Å². The highest BCUT2D eigenvalue weighted by molar-refractivity contribution is 5.80. The number of ketones is 2. The predicted octanol–water partition coefficient (Wildman–Crippen LogP) is -0.0744. The summed E-state index contributed by atoms with van der Waals surface area (Å²) in [6.45, 7) is 10.7. The number of rotatable bonds is 33. The average Bonchev–Trinajstić information content (AvgIpc) is 3.03. The molecule has 0 bridgehead atoms. The molecule has 0 aliphatic carbocycles. The maximum atomic E-state index is 11.7. The highest BCUT2D eigenvalue weighted by Gasteiger charge is 2.04. The Morgan fingerprint density at radius 1 is 0.489 bits per heavy atom. The number of likely N-dealkylation sites (N-methyl/N-ethyl adjacent to an activating group) is 2. The van der Waals surface area contributed by atoms with E-state index in [2.05, 4.69) is 16.0 Å². The predicted molar refractivity (Wildman–Crippen MR) is 167 cm³/mol. The van der Waals surface area contributed by atoms with Crippen LogP contribution in [0.15, 0.2) is 0 Å². The second-order valence-corrected chi connectivity index (χ2v) is 9.30. The van der Waals surface area contributed by atoms with Crippen molar-refractivity contribution in [3.8, 4) is 0 Å². The van der Waals surface area contributed by atoms with E-state index in [1.165, 1.54) is 0 Å². The quantitative estimate of drug-likeness (QED) is 0.0803. The van der Waals surface area contributed by atoms with Crippen molar-refractivity contribution >= 4 is 23.4 Å². The third kappa shape index (κ3) is 39.9. The van der Waals surface area contributed by atoms with Crippen molar-refractivity contribution in [2.45, 2.75) is 39.5 Å². The zero-order valence-electron chi connectivity index (χ0n) is 28.0. The van der Waals surface area contributed by atoms with E-state index >= 15 is 0 Å². The van der Waals surface area contributed by atoms with Gasteiger partial charge in [0.1, 0.15) is 26.4 Å². The molecule has 0 radical (unpaired) electrons. The van der Waals surface area contributed by atoms with Gasteiger partial charge in [0.15, 0.2) is 11.6 Å². The molecule has 0 saturated heterocycles. The third-order valence-corrected chi connectivity index (χ3v) is 5.30. The first-order chi connectivity index (χ1) is 21.9. The highest BCUT2D eigenvalue weighted by Crippen LogP contribution is 1.94. The first-order valence-corrected chi connectivity index (χ1v) is 15.7. The Bertz CT molecular complexity index is 701. The fourth-order valence-electron chi connectivity index (χ4n) is 2.98. The Morgan fingerprint density at radius 3 is 1.49 bits per heavy atom. The van der Waals surface area contributed by atoms with Crippen molar-refractivity contribution in [3.63, 3.8) is 0 Å². The molecule has 0 aromatic heterocycles. The molecule has 0 spiro atoms. The number of Topliss-reactive ketones (excluding diaryl/α,β-unsaturated/α-hetero) is 2. The van der Waals surface area contributed by atoms with Gasteiger partial charge in [-0.2, -0.15) is 0 Å². The fourth-order valence-corrected chi connectivity index (χ4v) is 2.98. The molecule has 15 heteroatoms. The highest BCUT2D eigenvalue weighted by atomic mass is 16.5. The third-order valence-electron chi connectivity index (χ3n) is 5.30. The summed E-state index contributed by atoms with van der Waals surface area (Å²) in [6.07, 6.45) is 2.37. The van der Waals surface area contributed by atoms with E-state index in [4.69, 9.17) is 37.9 Å². The minimum atomic E-state index is -0.233. The zero-order chi connectivity index (χ0) is 33.6. The van der Waals surface area contributed by atoms with Crippen LogP contribution in [0.5, 0.6) is 0 Å². The minimum absolute atomic E-state index is 0.0327. The number of hydrogen-bond acceptors (Lipinski definition) is 13. The van der Waals surface area contributed by atoms with Gasteiger partial charge in [0.25, 0.3) is 0 Å². The van der Waals surface area contributed by atoms with Crippen LogP contribution in [0.25, 0.3) is 0 Å². The molecule has 0 saturated carbocycles. The second-order valence-electron chi connectivity index (χ2n) is 9.30. The molecule has 0 aromatic carbocycles. The largest absolute Gasteiger partial charge is 0.379 e. The molecule has 2 amide bonds. The molecule has 0 unspecified atom stereocenters. The number of amides is 2. The monoisotopic (exact) mass is 653 g/mol. The Morgan fingerprint density at radius 2 is 0.956 bits per heavy atom. The Labute approximate surface area is 269 Å². The molecule has 15 nitrogen and oxygen atoms in total. The van der Waals surface area contributed by atoms with E-state index in [-0.39, 0.29) is 49.8 Å². The maximum Gasteiger partial charge on any atom is 0.246 e. The molecule has 0 rings (SSSR count). The zero-order valence-corrected chi connectivity index (χ0v) is 28.0. The molecule has 0 heterocycles. The molecule has 0 fully saturated rings. The molecule has 0 aromatic rings. The van der Waals surface area contributed by atoms with Crippen molar-refractivity contribution < 1.29 is 57.1 Å². The number of ether oxygens (including phenoxy) is 8. The van der Waals surface area contributed by atoms with Gasteiger partial charge in [-0.1, -0.05) is 6.92 Å². The molecule has 266 valence electrons. The lowest BCUT2D eigenvalue weighted by molar-refractivity contribution is -0.127. The Hall–Kier alpha value is -2.08. The number of carbonyl (C=O) groups excluding carboxylic acids is 4. The van der Waals surface area contributed by atoms with Gasteiger partial charge in [-0.15, -0.1) is 0 Å². The van der Waals surface area contributed by atoms with E-state index in [0.29, 0.717) is 105 Å². The van der Waals surface area contributed by atoms with Crippen molar-refractivity contribution in [1.82, 2.24) is 16.0 Å². The fraction of sp³-hybridized carbons (Fsp3) is 0.867. The van der Waals surface area contributed by atoms with Crippen LogP contribution in [0.1, 0.15) is 39.5 Å². The van der Waals surface area contributed by atoms with Crippen LogP contribution in [0.4, 0.5) is 0 Å². The van der Waals surface area contributed by atoms with Crippen LogP contribution in [-0.4, -0.2) is 156 Å². The minimum Gasteiger partial charge on any atom is -0.379 e. The lowest BCUT2D eigenvalue weighted by Gasteiger charge is -2.08. The van der Waals surface area contributed by atoms with Crippen LogP contribution < -0.4 is 16.0 Å². The lowest BCUT2D eigenvalue weighted by Crippen LogP contribution is -2.31. The van der Waals surface area contributed by atoms with E-state index in [0.717, 1.165) is 13.0 Å². The topological polar surface area (TPSA) is 178 Å². The summed E-state index contributed by atoms with van der Waals surface area (Å²) in [4.78, 5) is 45.2. The van der Waals surface area contributed by atoms with Gasteiger partial charge in [-0.3, -0.25) is 19.2 Å². The van der Waals surface area contributed by atoms with E-state index in [1.807, 2.05) is 20.9 Å². The van der Waals surface area contributed by atoms with Gasteiger partial charge in [-0.05, 0) is 26.8 Å². The maximum absolute atomic E-state index is 11.7. The van der Waals surface area contributed by atoms with Crippen molar-refractivity contribution in [3.05, 3.63) is 0 Å². The Balaban J connectivity index is 0. The summed E-state index contributed by atoms with van der Waals surface area (Å²) >= 11 is 0. The molecule has 45 heavy (non-hydrogen) atoms. The normalized spacial score (nSPS) is 10.7. The second kappa shape index (κ2) is 38.1. The van der Waals surface area contributed by atoms with Crippen molar-refractivity contribution in [2.24, 2.45) is 0 Å². The Kier molecular flexibility index (Phi) is 38.1. The summed E-state index contributed by atoms with van der Waals surface area (Å²) < 4.78 is 41.7. The van der Waals surface area contributed by atoms with Gasteiger partial charge < -0.3 is 53.8 Å². The van der Waals surface area contributed by atoms with E-state index in [1.54, 1.807) is 7.05 Å². The van der Waals surface area contributed by atoms with Crippen LogP contribution >= 0.6 is 0 Å². The average molecular weight is 654 g/mol. The van der Waals surface area contributed by atoms with E-state index in [9.17, 15) is 19.2 Å². The summed E-state index contributed by atoms with van der Waals surface area (Å²) in [5, 5.41) is 8.11. The smallest absolute Gasteiger partial charge is 0.246 e. The number of nitrogens with one attached hydrogen (secondary N) is 3. The van der Waals surface area contributed by atoms with Crippen molar-refractivity contribution in [2.75, 3.05) is 133 Å². The van der Waals surface area contributed by atoms with Crippen LogP contribution in [0.2, 0.25) is 0 Å². The molecular formula is C30H59N3O12. The number of hydrogen-bond donors (Lipinski definition) is 3. The van der Waals surface area contributed by atoms with Gasteiger partial charge in [0.05, 0.1) is 66.1 Å². The van der Waals surface area contributed by atoms with Crippen LogP contribution in [0.3, 0.4) is 0 Å². The molecule has 3 N–H and O–H groups in total. The summed E-state index contributed by atoms with van der Waals surface area (Å²) in [5.74, 6) is -0.218. The molecular weight excluding hydrogens is 594 g/mol. The lowest BCUT2D eigenvalue weighted by atomic mass is 10.2. The summed E-state index contributed by atoms with van der Waals surface area (Å²) in [7, 11) is 3.43. The summed E-state index contributed by atoms with van der Waals surface area (Å²) in [6, 6.07) is 0. The van der Waals surface area contributed by atoms with Gasteiger partial charge in [0.2, 0.25) is 11.8 Å². The standard InChI is InChI=1S/C23H44N2O9.C7H15NO3/c1-3-5-21(26)18-32-16-14-31-11-8-25-23(28)20-34-17-12-29-9-4-6-22(27)19-33-15-13-30-10-7-24-2;1-3-10-4-5-11-6-7(9)8-2/h24H,3-20H2,1-2H3,(H,25,28);3-6H2,1-2H3,(H,8,9). The number of carbonyl (C=O) groups is 4. The first kappa shape index (κ1) is 45.0. The molecule has 0 aliphatic heterocycles. The van der Waals surface area contributed by atoms with Crippen LogP contribution in [-0.2, 0) is 57.1 Å². The van der Waals surface area contributed by atoms with Gasteiger partial charge in [-0.25, -0.2) is 0 Å². The first-order valence-electron chi connectivity index (χ1n) is 15.7. The van der Waals surface area contributed by atoms with E-state index < -0.39 is 0 Å².